The Hall–Kier alpha value is -0.120. The van der Waals surface area contributed by atoms with Crippen LogP contribution in [0.15, 0.2) is 0 Å². The van der Waals surface area contributed by atoms with Gasteiger partial charge in [0.1, 0.15) is 5.72 Å². The molecule has 0 aromatic heterocycles. The molecule has 0 aromatic rings. The minimum absolute atomic E-state index is 0.000265. The number of ether oxygens (including phenoxy) is 1. The van der Waals surface area contributed by atoms with Crippen molar-refractivity contribution in [2.24, 2.45) is 5.92 Å². The molecule has 1 aliphatic heterocycles. The van der Waals surface area contributed by atoms with Crippen LogP contribution in [0.4, 0.5) is 0 Å². The molecular formula is C18H33NO2. The largest absolute Gasteiger partial charge is 0.356 e. The number of nitrogens with zero attached hydrogens (tertiary/aromatic N) is 1. The van der Waals surface area contributed by atoms with Gasteiger partial charge in [0.2, 0.25) is 0 Å². The molecule has 3 aliphatic rings. The fraction of sp³-hybridized carbons (Fsp3) is 1.00. The molecule has 2 aliphatic carbocycles. The van der Waals surface area contributed by atoms with Gasteiger partial charge in [-0.15, -0.1) is 5.06 Å². The molecule has 1 unspecified atom stereocenters. The predicted octanol–water partition coefficient (Wildman–Crippen LogP) is 4.66. The van der Waals surface area contributed by atoms with Gasteiger partial charge < -0.3 is 4.74 Å². The number of hydrogen-bond donors (Lipinski definition) is 0. The van der Waals surface area contributed by atoms with Crippen LogP contribution in [0.25, 0.3) is 0 Å². The van der Waals surface area contributed by atoms with E-state index >= 15 is 0 Å². The third kappa shape index (κ3) is 3.16. The Morgan fingerprint density at radius 2 is 1.62 bits per heavy atom. The maximum Gasteiger partial charge on any atom is 0.144 e. The lowest BCUT2D eigenvalue weighted by atomic mass is 9.86. The van der Waals surface area contributed by atoms with Gasteiger partial charge in [-0.05, 0) is 65.2 Å². The number of hydroxylamine groups is 2. The lowest BCUT2D eigenvalue weighted by molar-refractivity contribution is -0.319. The van der Waals surface area contributed by atoms with Crippen molar-refractivity contribution < 1.29 is 9.57 Å². The fourth-order valence-corrected chi connectivity index (χ4v) is 4.53. The molecule has 1 atom stereocenters. The monoisotopic (exact) mass is 295 g/mol. The van der Waals surface area contributed by atoms with Crippen molar-refractivity contribution in [3.8, 4) is 0 Å². The molecule has 3 nitrogen and oxygen atoms in total. The van der Waals surface area contributed by atoms with Crippen LogP contribution < -0.4 is 0 Å². The summed E-state index contributed by atoms with van der Waals surface area (Å²) < 4.78 is 6.30. The normalized spacial score (nSPS) is 31.6. The van der Waals surface area contributed by atoms with Crippen LogP contribution in [0, 0.1) is 5.92 Å². The molecular weight excluding hydrogens is 262 g/mol. The molecule has 2 saturated carbocycles. The number of hydrogen-bond acceptors (Lipinski definition) is 3. The molecule has 0 aromatic carbocycles. The van der Waals surface area contributed by atoms with Gasteiger partial charge in [-0.2, -0.15) is 0 Å². The molecule has 0 N–H and O–H groups in total. The Kier molecular flexibility index (Phi) is 4.63. The zero-order valence-corrected chi connectivity index (χ0v) is 14.2. The van der Waals surface area contributed by atoms with Crippen LogP contribution in [-0.2, 0) is 9.57 Å². The van der Waals surface area contributed by atoms with Crippen molar-refractivity contribution in [2.75, 3.05) is 6.61 Å². The summed E-state index contributed by atoms with van der Waals surface area (Å²) in [5, 5.41) is 2.28. The van der Waals surface area contributed by atoms with E-state index in [2.05, 4.69) is 25.8 Å². The van der Waals surface area contributed by atoms with E-state index in [1.807, 2.05) is 0 Å². The highest BCUT2D eigenvalue weighted by atomic mass is 16.7. The first-order valence-electron chi connectivity index (χ1n) is 9.15. The van der Waals surface area contributed by atoms with E-state index in [1.165, 1.54) is 51.4 Å². The van der Waals surface area contributed by atoms with Gasteiger partial charge in [0.15, 0.2) is 0 Å². The molecule has 1 spiro atoms. The summed E-state index contributed by atoms with van der Waals surface area (Å²) in [4.78, 5) is 6.57. The molecule has 0 amide bonds. The lowest BCUT2D eigenvalue weighted by Gasteiger charge is -2.45. The maximum atomic E-state index is 6.57. The molecule has 3 fully saturated rings. The van der Waals surface area contributed by atoms with Crippen molar-refractivity contribution in [1.82, 2.24) is 5.06 Å². The molecule has 122 valence electrons. The summed E-state index contributed by atoms with van der Waals surface area (Å²) in [6.45, 7) is 7.61. The highest BCUT2D eigenvalue weighted by Gasteiger charge is 2.54. The van der Waals surface area contributed by atoms with Gasteiger partial charge >= 0.3 is 0 Å². The molecule has 1 heterocycles. The molecule has 21 heavy (non-hydrogen) atoms. The van der Waals surface area contributed by atoms with Crippen molar-refractivity contribution >= 4 is 0 Å². The maximum absolute atomic E-state index is 6.57. The first-order chi connectivity index (χ1) is 10.0. The predicted molar refractivity (Wildman–Crippen MR) is 84.8 cm³/mol. The highest BCUT2D eigenvalue weighted by molar-refractivity contribution is 4.96. The zero-order chi connectivity index (χ0) is 14.9. The Morgan fingerprint density at radius 1 is 1.00 bits per heavy atom. The van der Waals surface area contributed by atoms with Crippen LogP contribution in [0.5, 0.6) is 0 Å². The second-order valence-corrected chi connectivity index (χ2v) is 8.11. The summed E-state index contributed by atoms with van der Waals surface area (Å²) in [5.41, 5.74) is -0.134. The Labute approximate surface area is 130 Å². The zero-order valence-electron chi connectivity index (χ0n) is 14.2. The smallest absolute Gasteiger partial charge is 0.144 e. The second-order valence-electron chi connectivity index (χ2n) is 8.11. The topological polar surface area (TPSA) is 21.7 Å². The van der Waals surface area contributed by atoms with Gasteiger partial charge in [0.25, 0.3) is 0 Å². The molecule has 0 bridgehead atoms. The van der Waals surface area contributed by atoms with Gasteiger partial charge in [-0.3, -0.25) is 4.84 Å². The summed E-state index contributed by atoms with van der Waals surface area (Å²) in [6, 6.07) is 0. The second kappa shape index (κ2) is 6.17. The summed E-state index contributed by atoms with van der Waals surface area (Å²) in [6.07, 6.45) is 13.3. The van der Waals surface area contributed by atoms with E-state index in [4.69, 9.17) is 9.57 Å². The van der Waals surface area contributed by atoms with E-state index in [-0.39, 0.29) is 11.3 Å². The molecule has 3 rings (SSSR count). The van der Waals surface area contributed by atoms with Crippen LogP contribution in [0.1, 0.15) is 85.0 Å². The average molecular weight is 295 g/mol. The first kappa shape index (κ1) is 15.8. The minimum Gasteiger partial charge on any atom is -0.356 e. The average Bonchev–Trinajstić information content (AvgIpc) is 2.74. The summed E-state index contributed by atoms with van der Waals surface area (Å²) >= 11 is 0. The fourth-order valence-electron chi connectivity index (χ4n) is 4.53. The van der Waals surface area contributed by atoms with Crippen LogP contribution in [0.2, 0.25) is 0 Å². The lowest BCUT2D eigenvalue weighted by Crippen LogP contribution is -2.54. The molecule has 1 saturated heterocycles. The third-order valence-corrected chi connectivity index (χ3v) is 5.83. The summed E-state index contributed by atoms with van der Waals surface area (Å²) in [7, 11) is 0. The van der Waals surface area contributed by atoms with Gasteiger partial charge in [-0.25, -0.2) is 0 Å². The van der Waals surface area contributed by atoms with Crippen LogP contribution in [-0.4, -0.2) is 29.0 Å². The quantitative estimate of drug-likeness (QED) is 0.756. The highest BCUT2D eigenvalue weighted by Crippen LogP contribution is 2.45. The van der Waals surface area contributed by atoms with E-state index in [0.717, 1.165) is 25.4 Å². The van der Waals surface area contributed by atoms with E-state index in [1.54, 1.807) is 0 Å². The van der Waals surface area contributed by atoms with E-state index in [9.17, 15) is 0 Å². The van der Waals surface area contributed by atoms with Gasteiger partial charge in [-0.1, -0.05) is 25.7 Å². The molecule has 3 heteroatoms. The Bertz CT molecular complexity index is 343. The van der Waals surface area contributed by atoms with E-state index < -0.39 is 0 Å². The van der Waals surface area contributed by atoms with Crippen molar-refractivity contribution in [1.29, 1.82) is 0 Å². The molecule has 0 radical (unpaired) electrons. The van der Waals surface area contributed by atoms with Gasteiger partial charge in [0.05, 0.1) is 18.2 Å². The van der Waals surface area contributed by atoms with Crippen molar-refractivity contribution in [2.45, 2.75) is 102 Å². The Balaban J connectivity index is 1.70. The van der Waals surface area contributed by atoms with Crippen molar-refractivity contribution in [3.63, 3.8) is 0 Å². The van der Waals surface area contributed by atoms with Crippen LogP contribution in [0.3, 0.4) is 0 Å². The third-order valence-electron chi connectivity index (χ3n) is 5.83. The SMILES string of the molecule is CC(ON1C(C)(C)COC12CCCCC2)C1CCCCC1. The standard InChI is InChI=1S/C18H33NO2/c1-15(16-10-6-4-7-11-16)21-19-17(2,3)14-20-18(19)12-8-5-9-13-18/h15-16H,4-14H2,1-3H3. The summed E-state index contributed by atoms with van der Waals surface area (Å²) in [5.74, 6) is 0.732. The first-order valence-corrected chi connectivity index (χ1v) is 9.15. The van der Waals surface area contributed by atoms with E-state index in [0.29, 0.717) is 6.10 Å². The van der Waals surface area contributed by atoms with Gasteiger partial charge in [0, 0.05) is 0 Å². The van der Waals surface area contributed by atoms with Crippen molar-refractivity contribution in [3.05, 3.63) is 0 Å². The minimum atomic E-state index is -0.134. The number of rotatable bonds is 3. The van der Waals surface area contributed by atoms with Crippen LogP contribution >= 0.6 is 0 Å². The Morgan fingerprint density at radius 3 is 2.29 bits per heavy atom.